The lowest BCUT2D eigenvalue weighted by molar-refractivity contribution is -0.307. The maximum absolute atomic E-state index is 12.7. The van der Waals surface area contributed by atoms with Gasteiger partial charge in [-0.2, -0.15) is 0 Å². The number of hydrogen-bond donors (Lipinski definition) is 1. The Morgan fingerprint density at radius 2 is 1.34 bits per heavy atom. The van der Waals surface area contributed by atoms with E-state index >= 15 is 0 Å². The largest absolute Gasteiger partial charge is 0.463 e. The highest BCUT2D eigenvalue weighted by atomic mass is 28.4. The van der Waals surface area contributed by atoms with Crippen LogP contribution in [0, 0.1) is 11.8 Å². The van der Waals surface area contributed by atoms with Gasteiger partial charge in [-0.1, -0.05) is 156 Å². The summed E-state index contributed by atoms with van der Waals surface area (Å²) in [5.74, 6) is -1.06. The Balaban J connectivity index is 2.27. The molecule has 2 aliphatic rings. The van der Waals surface area contributed by atoms with Crippen LogP contribution < -0.4 is 0 Å². The van der Waals surface area contributed by atoms with Crippen molar-refractivity contribution in [2.75, 3.05) is 13.2 Å². The van der Waals surface area contributed by atoms with Crippen molar-refractivity contribution in [3.05, 3.63) is 59.8 Å². The van der Waals surface area contributed by atoms with Gasteiger partial charge in [0.05, 0.1) is 25.4 Å². The van der Waals surface area contributed by atoms with E-state index in [0.29, 0.717) is 42.2 Å². The molecule has 0 aliphatic carbocycles. The molecule has 1 N–H and O–H groups in total. The zero-order valence-corrected chi connectivity index (χ0v) is 45.5. The summed E-state index contributed by atoms with van der Waals surface area (Å²) in [4.78, 5) is 25.2. The van der Waals surface area contributed by atoms with Crippen molar-refractivity contribution in [1.82, 2.24) is 0 Å². The molecule has 0 aromatic carbocycles. The lowest BCUT2D eigenvalue weighted by atomic mass is 9.85. The summed E-state index contributed by atoms with van der Waals surface area (Å²) in [7, 11) is -4.84. The first kappa shape index (κ1) is 56.3. The molecule has 0 radical (unpaired) electrons. The van der Waals surface area contributed by atoms with E-state index in [4.69, 9.17) is 23.4 Å². The van der Waals surface area contributed by atoms with Gasteiger partial charge in [0.25, 0.3) is 0 Å². The molecule has 8 nitrogen and oxygen atoms in total. The Bertz CT molecular complexity index is 1530. The molecule has 2 fully saturated rings. The van der Waals surface area contributed by atoms with Gasteiger partial charge in [0.2, 0.25) is 8.32 Å². The average molecular weight is 918 g/mol. The summed E-state index contributed by atoms with van der Waals surface area (Å²) in [6, 6.07) is 1.88. The van der Waals surface area contributed by atoms with Crippen molar-refractivity contribution in [3.63, 3.8) is 0 Å². The molecule has 356 valence electrons. The van der Waals surface area contributed by atoms with Crippen molar-refractivity contribution in [1.29, 1.82) is 0 Å². The molecule has 62 heavy (non-hydrogen) atoms. The first-order valence-electron chi connectivity index (χ1n) is 24.2. The van der Waals surface area contributed by atoms with Gasteiger partial charge in [0.15, 0.2) is 5.79 Å². The Kier molecular flexibility index (Phi) is 22.8. The van der Waals surface area contributed by atoms with Crippen molar-refractivity contribution < 1.29 is 38.1 Å². The highest BCUT2D eigenvalue weighted by molar-refractivity contribution is 6.78. The third-order valence-corrected chi connectivity index (χ3v) is 22.7. The molecule has 1 spiro atoms. The number of carbonyl (C=O) groups excluding carboxylic acids is 2. The maximum atomic E-state index is 12.7. The fourth-order valence-corrected chi connectivity index (χ4v) is 16.1. The fraction of sp³-hybridized carbons (Fsp3) is 0.765. The quantitative estimate of drug-likeness (QED) is 0.0418. The number of hydrogen-bond acceptors (Lipinski definition) is 8. The third kappa shape index (κ3) is 18.2. The number of ether oxygens (including phenoxy) is 4. The molecular formula is C51H92O8Si3. The standard InChI is InChI=1S/C51H92O8Si3/c1-18-19-29-50(47(52)26-22-42(9)37-49(54)56-34-36-61(15,16)17)31-32-51(59-50)30-28-44(11)45(57-51)24-20-41(8)21-25-46(58-62(38(2)3,39(4)5)40(6)7)43(10)23-27-48(53)55-33-35-60(12,13)14/h20-23,25-27,37-40,43-47,52H,18-19,24,28-36H2,1-17H3/b25-21+,26-22+,27-23+,41-20+,42-37+/t43-,44-,45+,46-,47-,50+,51-/m0/s1. The van der Waals surface area contributed by atoms with Crippen molar-refractivity contribution in [3.8, 4) is 0 Å². The van der Waals surface area contributed by atoms with Crippen molar-refractivity contribution >= 4 is 36.4 Å². The van der Waals surface area contributed by atoms with Gasteiger partial charge in [-0.25, -0.2) is 9.59 Å². The summed E-state index contributed by atoms with van der Waals surface area (Å²) in [5.41, 5.74) is 2.38. The van der Waals surface area contributed by atoms with E-state index in [-0.39, 0.29) is 30.1 Å². The lowest BCUT2D eigenvalue weighted by Crippen LogP contribution is -2.50. The molecule has 0 saturated carbocycles. The van der Waals surface area contributed by atoms with Gasteiger partial charge < -0.3 is 28.5 Å². The third-order valence-electron chi connectivity index (χ3n) is 13.2. The van der Waals surface area contributed by atoms with Crippen LogP contribution in [0.2, 0.25) is 68.0 Å². The van der Waals surface area contributed by atoms with Gasteiger partial charge in [0, 0.05) is 47.1 Å². The number of aliphatic hydroxyl groups excluding tert-OH is 1. The van der Waals surface area contributed by atoms with Crippen LogP contribution in [0.3, 0.4) is 0 Å². The molecule has 0 aromatic rings. The molecule has 2 saturated heterocycles. The van der Waals surface area contributed by atoms with E-state index in [0.717, 1.165) is 68.2 Å². The molecule has 0 amide bonds. The smallest absolute Gasteiger partial charge is 0.330 e. The summed E-state index contributed by atoms with van der Waals surface area (Å²) < 4.78 is 32.3. The monoisotopic (exact) mass is 917 g/mol. The lowest BCUT2D eigenvalue weighted by Gasteiger charge is -2.45. The number of esters is 2. The minimum absolute atomic E-state index is 0.0253. The van der Waals surface area contributed by atoms with Gasteiger partial charge in [-0.3, -0.25) is 0 Å². The van der Waals surface area contributed by atoms with Crippen LogP contribution in [-0.4, -0.2) is 84.4 Å². The minimum Gasteiger partial charge on any atom is -0.463 e. The minimum atomic E-state index is -2.25. The van der Waals surface area contributed by atoms with Crippen molar-refractivity contribution in [2.24, 2.45) is 11.8 Å². The first-order chi connectivity index (χ1) is 28.7. The van der Waals surface area contributed by atoms with Crippen LogP contribution in [0.1, 0.15) is 128 Å². The van der Waals surface area contributed by atoms with E-state index in [9.17, 15) is 14.7 Å². The zero-order chi connectivity index (χ0) is 47.1. The van der Waals surface area contributed by atoms with Gasteiger partial charge in [-0.15, -0.1) is 0 Å². The van der Waals surface area contributed by atoms with E-state index in [2.05, 4.69) is 127 Å². The van der Waals surface area contributed by atoms with Crippen LogP contribution >= 0.6 is 0 Å². The Morgan fingerprint density at radius 1 is 0.774 bits per heavy atom. The molecule has 2 heterocycles. The number of aliphatic hydroxyl groups is 1. The van der Waals surface area contributed by atoms with Crippen LogP contribution in [-0.2, 0) is 33.0 Å². The summed E-state index contributed by atoms with van der Waals surface area (Å²) in [6.45, 7) is 38.9. The predicted molar refractivity (Wildman–Crippen MR) is 267 cm³/mol. The number of allylic oxidation sites excluding steroid dienone is 4. The molecule has 11 heteroatoms. The van der Waals surface area contributed by atoms with E-state index in [1.165, 1.54) is 6.08 Å². The second kappa shape index (κ2) is 25.2. The molecule has 7 atom stereocenters. The molecule has 0 unspecified atom stereocenters. The second-order valence-corrected chi connectivity index (χ2v) is 38.8. The molecule has 2 aliphatic heterocycles. The molecular weight excluding hydrogens is 825 g/mol. The van der Waals surface area contributed by atoms with Gasteiger partial charge in [-0.05, 0) is 79.7 Å². The summed E-state index contributed by atoms with van der Waals surface area (Å²) in [5, 5.41) is 11.7. The van der Waals surface area contributed by atoms with E-state index in [1.807, 2.05) is 19.1 Å². The number of rotatable bonds is 25. The Morgan fingerprint density at radius 3 is 1.89 bits per heavy atom. The first-order valence-corrected chi connectivity index (χ1v) is 33.7. The SMILES string of the molecule is CCCC[C@]1([C@@H](O)/C=C/C(C)=C/C(=O)OCC[Si](C)(C)C)CC[C@]2(CC[C@H](C)[C@@H](C/C=C(C)/C=C/[C@H](O[Si](C(C)C)(C(C)C)C(C)C)[C@@H](C)/C=C/C(=O)OCC[Si](C)(C)C)O2)O1. The molecule has 0 aromatic heterocycles. The Labute approximate surface area is 382 Å². The van der Waals surface area contributed by atoms with Crippen LogP contribution in [0.4, 0.5) is 0 Å². The normalized spacial score (nSPS) is 25.0. The van der Waals surface area contributed by atoms with Gasteiger partial charge in [0.1, 0.15) is 11.7 Å². The summed E-state index contributed by atoms with van der Waals surface area (Å²) in [6.07, 6.45) is 20.9. The maximum Gasteiger partial charge on any atom is 0.330 e. The van der Waals surface area contributed by atoms with Crippen LogP contribution in [0.25, 0.3) is 0 Å². The molecule has 2 rings (SSSR count). The summed E-state index contributed by atoms with van der Waals surface area (Å²) >= 11 is 0. The Hall–Kier alpha value is -1.87. The number of carbonyl (C=O) groups is 2. The fourth-order valence-electron chi connectivity index (χ4n) is 9.09. The molecule has 0 bridgehead atoms. The van der Waals surface area contributed by atoms with Gasteiger partial charge >= 0.3 is 11.9 Å². The topological polar surface area (TPSA) is 101 Å². The highest BCUT2D eigenvalue weighted by Crippen LogP contribution is 2.50. The highest BCUT2D eigenvalue weighted by Gasteiger charge is 2.55. The van der Waals surface area contributed by atoms with E-state index in [1.54, 1.807) is 12.2 Å². The zero-order valence-electron chi connectivity index (χ0n) is 42.5. The predicted octanol–water partition coefficient (Wildman–Crippen LogP) is 13.5. The van der Waals surface area contributed by atoms with Crippen LogP contribution in [0.15, 0.2) is 59.8 Å². The second-order valence-electron chi connectivity index (χ2n) is 22.2. The van der Waals surface area contributed by atoms with Crippen molar-refractivity contribution in [2.45, 2.75) is 225 Å². The number of unbranched alkanes of at least 4 members (excludes halogenated alkanes) is 1. The average Bonchev–Trinajstić information content (AvgIpc) is 3.52. The van der Waals surface area contributed by atoms with E-state index < -0.39 is 42.0 Å². The van der Waals surface area contributed by atoms with Crippen LogP contribution in [0.5, 0.6) is 0 Å².